The molecule has 0 saturated carbocycles. The molecule has 0 unspecified atom stereocenters. The first kappa shape index (κ1) is 27.0. The van der Waals surface area contributed by atoms with Gasteiger partial charge >= 0.3 is 0 Å². The summed E-state index contributed by atoms with van der Waals surface area (Å²) in [5.41, 5.74) is 6.37. The van der Waals surface area contributed by atoms with Crippen molar-refractivity contribution in [1.82, 2.24) is 15.0 Å². The van der Waals surface area contributed by atoms with E-state index < -0.39 is 36.3 Å². The average Bonchev–Trinajstić information content (AvgIpc) is 4.01. The van der Waals surface area contributed by atoms with Crippen molar-refractivity contribution in [2.24, 2.45) is 0 Å². The molecule has 5 heteroatoms. The predicted molar refractivity (Wildman–Crippen MR) is 258 cm³/mol. The standard InChI is InChI=1S/C57H35N3OS/c1-5-15-36(16-6-1)38-27-29-41(30-28-38)55-58-56(60-57(59-55)48-26-14-25-46-45-24-13-23-44(53(45)61-54(46)48)39-19-9-3-10-20-39)42-31-32-47-50(34-42)62-51-35-43(37-17-7-2-8-18-37)33-49(52(47)51)40-21-11-4-12-22-40/h1-35H/i4D,11D,12D,21D,22D,31D,32D,33D,34D,35D. The van der Waals surface area contributed by atoms with E-state index in [0.29, 0.717) is 27.9 Å². The number of rotatable bonds is 7. The molecule has 0 saturated heterocycles. The van der Waals surface area contributed by atoms with Crippen LogP contribution in [0.1, 0.15) is 13.7 Å². The van der Waals surface area contributed by atoms with E-state index in [9.17, 15) is 6.85 Å². The third kappa shape index (κ3) is 6.26. The normalized spacial score (nSPS) is 13.8. The highest BCUT2D eigenvalue weighted by molar-refractivity contribution is 7.26. The molecule has 0 bridgehead atoms. The predicted octanol–water partition coefficient (Wildman–Crippen LogP) is 15.8. The minimum atomic E-state index is -0.615. The fraction of sp³-hybridized carbons (Fsp3) is 0. The number of nitrogens with zero attached hydrogens (tertiary/aromatic N) is 3. The maximum absolute atomic E-state index is 9.95. The molecule has 0 amide bonds. The highest BCUT2D eigenvalue weighted by Gasteiger charge is 2.21. The van der Waals surface area contributed by atoms with Crippen LogP contribution in [0.2, 0.25) is 0 Å². The highest BCUT2D eigenvalue weighted by atomic mass is 32.1. The van der Waals surface area contributed by atoms with Gasteiger partial charge in [-0.2, -0.15) is 0 Å². The van der Waals surface area contributed by atoms with Gasteiger partial charge in [0.15, 0.2) is 17.5 Å². The van der Waals surface area contributed by atoms with Crippen LogP contribution in [0.25, 0.3) is 121 Å². The zero-order valence-electron chi connectivity index (χ0n) is 42.6. The first-order chi connectivity index (χ1) is 34.9. The lowest BCUT2D eigenvalue weighted by Crippen LogP contribution is -2.00. The van der Waals surface area contributed by atoms with Crippen LogP contribution in [0.5, 0.6) is 0 Å². The number of benzene rings is 9. The molecule has 12 aromatic rings. The van der Waals surface area contributed by atoms with Crippen LogP contribution >= 0.6 is 11.3 Å². The summed E-state index contributed by atoms with van der Waals surface area (Å²) in [5, 5.41) is 1.81. The second-order valence-corrected chi connectivity index (χ2v) is 15.7. The monoisotopic (exact) mass is 819 g/mol. The lowest BCUT2D eigenvalue weighted by Gasteiger charge is -2.10. The van der Waals surface area contributed by atoms with Gasteiger partial charge < -0.3 is 4.42 Å². The largest absolute Gasteiger partial charge is 0.455 e. The summed E-state index contributed by atoms with van der Waals surface area (Å²) in [6.07, 6.45) is 0. The van der Waals surface area contributed by atoms with Crippen molar-refractivity contribution in [3.05, 3.63) is 212 Å². The Balaban J connectivity index is 1.14. The topological polar surface area (TPSA) is 51.8 Å². The Morgan fingerprint density at radius 1 is 0.355 bits per heavy atom. The van der Waals surface area contributed by atoms with Crippen LogP contribution in [-0.2, 0) is 0 Å². The molecule has 4 nitrogen and oxygen atoms in total. The van der Waals surface area contributed by atoms with Crippen LogP contribution in [0, 0.1) is 0 Å². The van der Waals surface area contributed by atoms with Crippen LogP contribution in [-0.4, -0.2) is 15.0 Å². The summed E-state index contributed by atoms with van der Waals surface area (Å²) < 4.78 is 99.5. The summed E-state index contributed by atoms with van der Waals surface area (Å²) in [5.74, 6) is 0.363. The van der Waals surface area contributed by atoms with E-state index in [1.165, 1.54) is 0 Å². The Kier molecular flexibility index (Phi) is 6.49. The minimum Gasteiger partial charge on any atom is -0.455 e. The van der Waals surface area contributed by atoms with Crippen molar-refractivity contribution >= 4 is 53.4 Å². The summed E-state index contributed by atoms with van der Waals surface area (Å²) >= 11 is 1.000. The number of hydrogen-bond donors (Lipinski definition) is 0. The Labute approximate surface area is 376 Å². The lowest BCUT2D eigenvalue weighted by atomic mass is 9.94. The lowest BCUT2D eigenvalue weighted by molar-refractivity contribution is 0.670. The Morgan fingerprint density at radius 2 is 0.903 bits per heavy atom. The molecule has 290 valence electrons. The summed E-state index contributed by atoms with van der Waals surface area (Å²) in [4.78, 5) is 15.0. The van der Waals surface area contributed by atoms with Crippen molar-refractivity contribution in [2.75, 3.05) is 0 Å². The first-order valence-corrected chi connectivity index (χ1v) is 20.8. The molecular formula is C57H35N3OS. The van der Waals surface area contributed by atoms with Gasteiger partial charge in [-0.15, -0.1) is 11.3 Å². The van der Waals surface area contributed by atoms with Crippen LogP contribution in [0.4, 0.5) is 0 Å². The fourth-order valence-electron chi connectivity index (χ4n) is 8.01. The smallest absolute Gasteiger partial charge is 0.167 e. The second-order valence-electron chi connectivity index (χ2n) is 14.7. The molecule has 0 radical (unpaired) electrons. The maximum atomic E-state index is 9.95. The molecule has 0 atom stereocenters. The van der Waals surface area contributed by atoms with Gasteiger partial charge in [0, 0.05) is 47.6 Å². The van der Waals surface area contributed by atoms with Gasteiger partial charge in [0.25, 0.3) is 0 Å². The maximum Gasteiger partial charge on any atom is 0.167 e. The van der Waals surface area contributed by atoms with Crippen LogP contribution < -0.4 is 0 Å². The van der Waals surface area contributed by atoms with Gasteiger partial charge in [0.2, 0.25) is 0 Å². The molecule has 0 aliphatic rings. The molecule has 62 heavy (non-hydrogen) atoms. The summed E-state index contributed by atoms with van der Waals surface area (Å²) in [6.45, 7) is 0. The van der Waals surface area contributed by atoms with Crippen molar-refractivity contribution < 1.29 is 18.1 Å². The molecule has 9 aromatic carbocycles. The van der Waals surface area contributed by atoms with Crippen molar-refractivity contribution in [3.8, 4) is 78.7 Å². The van der Waals surface area contributed by atoms with Crippen molar-refractivity contribution in [1.29, 1.82) is 0 Å². The van der Waals surface area contributed by atoms with Gasteiger partial charge in [-0.25, -0.2) is 15.0 Å². The highest BCUT2D eigenvalue weighted by Crippen LogP contribution is 2.45. The molecule has 12 rings (SSSR count). The number of aromatic nitrogens is 3. The molecule has 3 heterocycles. The van der Waals surface area contributed by atoms with Gasteiger partial charge in [-0.3, -0.25) is 0 Å². The number of hydrogen-bond acceptors (Lipinski definition) is 5. The molecule has 0 aliphatic carbocycles. The zero-order valence-corrected chi connectivity index (χ0v) is 33.4. The van der Waals surface area contributed by atoms with E-state index in [0.717, 1.165) is 44.4 Å². The number of fused-ring (bicyclic) bond motifs is 6. The SMILES string of the molecule is [2H]c1c([2H])c([2H])c(-c2c([2H])c(-c3ccccc3)c([2H])c3sc4c([2H])c(-c5nc(-c6ccc(-c7ccccc7)cc6)nc(-c6cccc7c6oc6c(-c8ccccc8)cccc67)n5)c([2H])c([2H])c4c23)c([2H])c1[2H]. The van der Waals surface area contributed by atoms with Crippen molar-refractivity contribution in [3.63, 3.8) is 0 Å². The van der Waals surface area contributed by atoms with Gasteiger partial charge in [0.1, 0.15) is 11.2 Å². The molecule has 3 aromatic heterocycles. The minimum absolute atomic E-state index is 0.0319. The molecule has 0 N–H and O–H groups in total. The summed E-state index contributed by atoms with van der Waals surface area (Å²) in [6, 6.07) is 43.6. The molecule has 0 fully saturated rings. The quantitative estimate of drug-likeness (QED) is 0.161. The van der Waals surface area contributed by atoms with Crippen LogP contribution in [0.3, 0.4) is 0 Å². The van der Waals surface area contributed by atoms with Gasteiger partial charge in [-0.05, 0) is 63.1 Å². The second kappa shape index (κ2) is 14.9. The van der Waals surface area contributed by atoms with E-state index >= 15 is 0 Å². The van der Waals surface area contributed by atoms with E-state index in [2.05, 4.69) is 0 Å². The molecular weight excluding hydrogens is 775 g/mol. The Hall–Kier alpha value is -7.99. The Morgan fingerprint density at radius 3 is 1.60 bits per heavy atom. The van der Waals surface area contributed by atoms with E-state index in [1.807, 2.05) is 121 Å². The van der Waals surface area contributed by atoms with E-state index in [4.69, 9.17) is 26.2 Å². The average molecular weight is 820 g/mol. The third-order valence-electron chi connectivity index (χ3n) is 11.0. The number of thiophene rings is 1. The number of para-hydroxylation sites is 2. The number of furan rings is 1. The third-order valence-corrected chi connectivity index (χ3v) is 12.0. The van der Waals surface area contributed by atoms with E-state index in [-0.39, 0.29) is 84.1 Å². The Bertz CT molecular complexity index is 4180. The molecule has 0 aliphatic heterocycles. The molecule has 0 spiro atoms. The first-order valence-electron chi connectivity index (χ1n) is 24.9. The van der Waals surface area contributed by atoms with E-state index in [1.54, 1.807) is 30.3 Å². The van der Waals surface area contributed by atoms with Crippen molar-refractivity contribution in [2.45, 2.75) is 0 Å². The zero-order chi connectivity index (χ0) is 49.7. The summed E-state index contributed by atoms with van der Waals surface area (Å²) in [7, 11) is 0. The fourth-order valence-corrected chi connectivity index (χ4v) is 9.08. The van der Waals surface area contributed by atoms with Gasteiger partial charge in [0.05, 0.1) is 19.3 Å². The van der Waals surface area contributed by atoms with Gasteiger partial charge in [-0.1, -0.05) is 188 Å². The van der Waals surface area contributed by atoms with Crippen LogP contribution in [0.15, 0.2) is 217 Å².